The number of aromatic nitrogens is 1. The van der Waals surface area contributed by atoms with Gasteiger partial charge in [-0.2, -0.15) is 0 Å². The maximum absolute atomic E-state index is 11.8. The molecule has 2 heterocycles. The molecule has 0 radical (unpaired) electrons. The lowest BCUT2D eigenvalue weighted by Crippen LogP contribution is -2.06. The fourth-order valence-electron chi connectivity index (χ4n) is 2.11. The van der Waals surface area contributed by atoms with Crippen molar-refractivity contribution in [3.05, 3.63) is 41.4 Å². The first-order valence-corrected chi connectivity index (χ1v) is 6.10. The predicted octanol–water partition coefficient (Wildman–Crippen LogP) is 2.55. The number of nitrogens with zero attached hydrogens (tertiary/aromatic N) is 1. The van der Waals surface area contributed by atoms with Crippen LogP contribution in [-0.2, 0) is 22.7 Å². The van der Waals surface area contributed by atoms with Crippen LogP contribution in [0.1, 0.15) is 28.5 Å². The van der Waals surface area contributed by atoms with E-state index in [2.05, 4.69) is 4.98 Å². The molecule has 1 aliphatic heterocycles. The van der Waals surface area contributed by atoms with Gasteiger partial charge in [-0.05, 0) is 24.1 Å². The van der Waals surface area contributed by atoms with Gasteiger partial charge in [-0.25, -0.2) is 9.78 Å². The first kappa shape index (κ1) is 11.9. The summed E-state index contributed by atoms with van der Waals surface area (Å²) in [4.78, 5) is 15.7. The van der Waals surface area contributed by atoms with E-state index in [9.17, 15) is 4.79 Å². The van der Waals surface area contributed by atoms with Gasteiger partial charge in [-0.3, -0.25) is 0 Å². The molecule has 1 aromatic heterocycles. The predicted molar refractivity (Wildman–Crippen MR) is 66.4 cm³/mol. The minimum Gasteiger partial charge on any atom is -0.461 e. The average molecular weight is 259 g/mol. The Labute approximate surface area is 110 Å². The van der Waals surface area contributed by atoms with Gasteiger partial charge in [0.25, 0.3) is 0 Å². The number of fused-ring (bicyclic) bond motifs is 1. The van der Waals surface area contributed by atoms with E-state index in [-0.39, 0.29) is 5.69 Å². The number of carbonyl (C=O) groups is 1. The quantitative estimate of drug-likeness (QED) is 0.793. The number of ether oxygens (including phenoxy) is 2. The van der Waals surface area contributed by atoms with Crippen LogP contribution in [-0.4, -0.2) is 17.6 Å². The van der Waals surface area contributed by atoms with E-state index in [0.29, 0.717) is 25.6 Å². The number of benzene rings is 1. The molecule has 0 saturated heterocycles. The first-order valence-electron chi connectivity index (χ1n) is 6.10. The molecular formula is C14H13NO4. The van der Waals surface area contributed by atoms with Crippen LogP contribution in [0.25, 0.3) is 11.3 Å². The van der Waals surface area contributed by atoms with Crippen molar-refractivity contribution in [2.75, 3.05) is 6.61 Å². The fraction of sp³-hybridized carbons (Fsp3) is 0.286. The molecule has 5 heteroatoms. The van der Waals surface area contributed by atoms with E-state index in [1.54, 1.807) is 6.92 Å². The molecule has 1 aromatic carbocycles. The summed E-state index contributed by atoms with van der Waals surface area (Å²) in [6, 6.07) is 5.84. The molecule has 0 unspecified atom stereocenters. The van der Waals surface area contributed by atoms with Crippen LogP contribution in [0.4, 0.5) is 0 Å². The zero-order valence-corrected chi connectivity index (χ0v) is 10.5. The Hall–Kier alpha value is -2.14. The highest BCUT2D eigenvalue weighted by atomic mass is 16.5. The summed E-state index contributed by atoms with van der Waals surface area (Å²) in [7, 11) is 0. The van der Waals surface area contributed by atoms with Gasteiger partial charge in [0, 0.05) is 5.56 Å². The molecule has 0 N–H and O–H groups in total. The molecule has 0 atom stereocenters. The SMILES string of the molecule is CCOC(=O)c1ncoc1-c1ccc2c(c1)COC2. The van der Waals surface area contributed by atoms with Crippen LogP contribution in [0, 0.1) is 0 Å². The largest absolute Gasteiger partial charge is 0.461 e. The molecule has 0 aliphatic carbocycles. The molecule has 0 amide bonds. The Kier molecular flexibility index (Phi) is 3.05. The van der Waals surface area contributed by atoms with E-state index in [1.165, 1.54) is 12.0 Å². The number of esters is 1. The van der Waals surface area contributed by atoms with Crippen molar-refractivity contribution in [2.24, 2.45) is 0 Å². The standard InChI is InChI=1S/C14H13NO4/c1-2-18-14(16)12-13(19-8-15-12)9-3-4-10-6-17-7-11(10)5-9/h3-5,8H,2,6-7H2,1H3. The van der Waals surface area contributed by atoms with Crippen molar-refractivity contribution < 1.29 is 18.7 Å². The lowest BCUT2D eigenvalue weighted by atomic mass is 10.0. The molecular weight excluding hydrogens is 246 g/mol. The maximum Gasteiger partial charge on any atom is 0.360 e. The maximum atomic E-state index is 11.8. The van der Waals surface area contributed by atoms with Crippen LogP contribution in [0.3, 0.4) is 0 Å². The third kappa shape index (κ3) is 2.13. The summed E-state index contributed by atoms with van der Waals surface area (Å²) in [5.41, 5.74) is 3.30. The van der Waals surface area contributed by atoms with E-state index in [1.807, 2.05) is 18.2 Å². The number of oxazole rings is 1. The number of carbonyl (C=O) groups excluding carboxylic acids is 1. The lowest BCUT2D eigenvalue weighted by molar-refractivity contribution is 0.0520. The molecule has 0 fully saturated rings. The fourth-order valence-corrected chi connectivity index (χ4v) is 2.11. The van der Waals surface area contributed by atoms with Gasteiger partial charge in [0.05, 0.1) is 19.8 Å². The molecule has 98 valence electrons. The van der Waals surface area contributed by atoms with Gasteiger partial charge < -0.3 is 13.9 Å². The first-order chi connectivity index (χ1) is 9.29. The van der Waals surface area contributed by atoms with Gasteiger partial charge in [0.2, 0.25) is 0 Å². The second kappa shape index (κ2) is 4.85. The molecule has 0 bridgehead atoms. The van der Waals surface area contributed by atoms with E-state index >= 15 is 0 Å². The van der Waals surface area contributed by atoms with Crippen molar-refractivity contribution in [1.29, 1.82) is 0 Å². The summed E-state index contributed by atoms with van der Waals surface area (Å²) in [5.74, 6) is -0.0313. The van der Waals surface area contributed by atoms with Gasteiger partial charge in [0.15, 0.2) is 17.8 Å². The molecule has 1 aliphatic rings. The number of rotatable bonds is 3. The van der Waals surface area contributed by atoms with Crippen LogP contribution >= 0.6 is 0 Å². The highest BCUT2D eigenvalue weighted by molar-refractivity contribution is 5.93. The summed E-state index contributed by atoms with van der Waals surface area (Å²) in [5, 5.41) is 0. The van der Waals surface area contributed by atoms with Crippen molar-refractivity contribution in [1.82, 2.24) is 4.98 Å². The summed E-state index contributed by atoms with van der Waals surface area (Å²) < 4.78 is 15.6. The van der Waals surface area contributed by atoms with Crippen molar-refractivity contribution in [3.63, 3.8) is 0 Å². The highest BCUT2D eigenvalue weighted by Gasteiger charge is 2.21. The van der Waals surface area contributed by atoms with Crippen LogP contribution < -0.4 is 0 Å². The molecule has 5 nitrogen and oxygen atoms in total. The third-order valence-corrected chi connectivity index (χ3v) is 3.02. The smallest absolute Gasteiger partial charge is 0.360 e. The molecule has 3 rings (SSSR count). The number of hydrogen-bond donors (Lipinski definition) is 0. The normalized spacial score (nSPS) is 13.3. The zero-order chi connectivity index (χ0) is 13.2. The minimum absolute atomic E-state index is 0.209. The van der Waals surface area contributed by atoms with Crippen molar-refractivity contribution in [2.45, 2.75) is 20.1 Å². The minimum atomic E-state index is -0.469. The Morgan fingerprint density at radius 3 is 3.05 bits per heavy atom. The third-order valence-electron chi connectivity index (χ3n) is 3.02. The molecule has 2 aromatic rings. The molecule has 0 saturated carbocycles. The van der Waals surface area contributed by atoms with Gasteiger partial charge in [0.1, 0.15) is 0 Å². The van der Waals surface area contributed by atoms with Gasteiger partial charge in [-0.1, -0.05) is 12.1 Å². The summed E-state index contributed by atoms with van der Waals surface area (Å²) in [6.45, 7) is 3.29. The van der Waals surface area contributed by atoms with Gasteiger partial charge >= 0.3 is 5.97 Å². The van der Waals surface area contributed by atoms with E-state index < -0.39 is 5.97 Å². The van der Waals surface area contributed by atoms with E-state index in [0.717, 1.165) is 11.1 Å². The number of hydrogen-bond acceptors (Lipinski definition) is 5. The van der Waals surface area contributed by atoms with Crippen LogP contribution in [0.5, 0.6) is 0 Å². The molecule has 0 spiro atoms. The van der Waals surface area contributed by atoms with E-state index in [4.69, 9.17) is 13.9 Å². The van der Waals surface area contributed by atoms with Crippen LogP contribution in [0.15, 0.2) is 29.0 Å². The van der Waals surface area contributed by atoms with Crippen molar-refractivity contribution in [3.8, 4) is 11.3 Å². The Morgan fingerprint density at radius 1 is 1.37 bits per heavy atom. The Bertz CT molecular complexity index is 618. The monoisotopic (exact) mass is 259 g/mol. The summed E-state index contributed by atoms with van der Waals surface area (Å²) in [6.07, 6.45) is 1.26. The Morgan fingerprint density at radius 2 is 2.21 bits per heavy atom. The van der Waals surface area contributed by atoms with Crippen molar-refractivity contribution >= 4 is 5.97 Å². The highest BCUT2D eigenvalue weighted by Crippen LogP contribution is 2.29. The topological polar surface area (TPSA) is 61.6 Å². The zero-order valence-electron chi connectivity index (χ0n) is 10.5. The molecule has 19 heavy (non-hydrogen) atoms. The average Bonchev–Trinajstić information content (AvgIpc) is 3.07. The Balaban J connectivity index is 1.99. The summed E-state index contributed by atoms with van der Waals surface area (Å²) >= 11 is 0. The second-order valence-electron chi connectivity index (χ2n) is 4.23. The lowest BCUT2D eigenvalue weighted by Gasteiger charge is -2.03. The second-order valence-corrected chi connectivity index (χ2v) is 4.23. The van der Waals surface area contributed by atoms with Gasteiger partial charge in [-0.15, -0.1) is 0 Å². The van der Waals surface area contributed by atoms with Crippen LogP contribution in [0.2, 0.25) is 0 Å².